The summed E-state index contributed by atoms with van der Waals surface area (Å²) in [5.74, 6) is 0.0690. The first kappa shape index (κ1) is 11.4. The maximum absolute atomic E-state index is 12.2. The summed E-state index contributed by atoms with van der Waals surface area (Å²) in [4.78, 5) is 25.5. The zero-order valence-corrected chi connectivity index (χ0v) is 9.78. The Hall–Kier alpha value is -1.06. The molecule has 0 aromatic heterocycles. The average molecular weight is 225 g/mol. The summed E-state index contributed by atoms with van der Waals surface area (Å²) in [6.45, 7) is 0.717. The van der Waals surface area contributed by atoms with Gasteiger partial charge in [0.1, 0.15) is 6.04 Å². The molecular formula is C12H19NO3. The molecule has 1 heterocycles. The fourth-order valence-corrected chi connectivity index (χ4v) is 2.82. The number of hydrogen-bond acceptors (Lipinski definition) is 3. The van der Waals surface area contributed by atoms with Crippen molar-refractivity contribution in [3.05, 3.63) is 0 Å². The molecule has 0 aromatic rings. The van der Waals surface area contributed by atoms with Crippen LogP contribution < -0.4 is 0 Å². The van der Waals surface area contributed by atoms with Crippen LogP contribution in [0.2, 0.25) is 0 Å². The third kappa shape index (κ3) is 2.06. The van der Waals surface area contributed by atoms with E-state index in [1.54, 1.807) is 4.90 Å². The molecule has 1 aliphatic heterocycles. The average Bonchev–Trinajstić information content (AvgIpc) is 2.97. The highest BCUT2D eigenvalue weighted by molar-refractivity contribution is 5.86. The Morgan fingerprint density at radius 3 is 2.44 bits per heavy atom. The zero-order valence-electron chi connectivity index (χ0n) is 9.78. The molecule has 0 unspecified atom stereocenters. The smallest absolute Gasteiger partial charge is 0.328 e. The highest BCUT2D eigenvalue weighted by Gasteiger charge is 2.38. The fraction of sp³-hybridized carbons (Fsp3) is 0.833. The van der Waals surface area contributed by atoms with Crippen LogP contribution in [0.1, 0.15) is 38.5 Å². The second-order valence-electron chi connectivity index (χ2n) is 4.69. The fourth-order valence-electron chi connectivity index (χ4n) is 2.82. The summed E-state index contributed by atoms with van der Waals surface area (Å²) in [7, 11) is 1.39. The highest BCUT2D eigenvalue weighted by Crippen LogP contribution is 2.29. The van der Waals surface area contributed by atoms with Crippen molar-refractivity contribution in [1.29, 1.82) is 0 Å². The molecule has 1 amide bonds. The summed E-state index contributed by atoms with van der Waals surface area (Å²) in [6.07, 6.45) is 5.94. The number of likely N-dealkylation sites (tertiary alicyclic amines) is 1. The molecule has 4 nitrogen and oxygen atoms in total. The molecule has 90 valence electrons. The zero-order chi connectivity index (χ0) is 11.5. The second kappa shape index (κ2) is 4.85. The molecule has 2 rings (SSSR count). The number of carbonyl (C=O) groups excluding carboxylic acids is 2. The number of esters is 1. The molecule has 1 saturated carbocycles. The molecule has 1 atom stereocenters. The largest absolute Gasteiger partial charge is 0.467 e. The predicted octanol–water partition coefficient (Wildman–Crippen LogP) is 1.34. The summed E-state index contributed by atoms with van der Waals surface area (Å²) in [5.41, 5.74) is 0. The van der Waals surface area contributed by atoms with Crippen molar-refractivity contribution in [2.24, 2.45) is 5.92 Å². The summed E-state index contributed by atoms with van der Waals surface area (Å²) >= 11 is 0. The molecule has 1 aliphatic carbocycles. The summed E-state index contributed by atoms with van der Waals surface area (Å²) in [5, 5.41) is 0. The molecule has 0 bridgehead atoms. The van der Waals surface area contributed by atoms with Crippen LogP contribution in [0.25, 0.3) is 0 Å². The van der Waals surface area contributed by atoms with Gasteiger partial charge in [-0.2, -0.15) is 0 Å². The normalized spacial score (nSPS) is 26.1. The lowest BCUT2D eigenvalue weighted by Gasteiger charge is -2.25. The number of amides is 1. The van der Waals surface area contributed by atoms with Crippen molar-refractivity contribution in [3.63, 3.8) is 0 Å². The van der Waals surface area contributed by atoms with Gasteiger partial charge in [-0.25, -0.2) is 4.79 Å². The first-order valence-electron chi connectivity index (χ1n) is 6.12. The molecule has 0 radical (unpaired) electrons. The van der Waals surface area contributed by atoms with Crippen LogP contribution in [-0.2, 0) is 14.3 Å². The van der Waals surface area contributed by atoms with E-state index < -0.39 is 0 Å². The van der Waals surface area contributed by atoms with Gasteiger partial charge in [0.25, 0.3) is 0 Å². The van der Waals surface area contributed by atoms with Gasteiger partial charge in [-0.3, -0.25) is 4.79 Å². The van der Waals surface area contributed by atoms with Gasteiger partial charge < -0.3 is 9.64 Å². The van der Waals surface area contributed by atoms with Gasteiger partial charge in [0.15, 0.2) is 0 Å². The lowest BCUT2D eigenvalue weighted by molar-refractivity contribution is -0.152. The number of methoxy groups -OCH3 is 1. The van der Waals surface area contributed by atoms with E-state index >= 15 is 0 Å². The van der Waals surface area contributed by atoms with Crippen molar-refractivity contribution in [1.82, 2.24) is 4.90 Å². The monoisotopic (exact) mass is 225 g/mol. The Balaban J connectivity index is 2.01. The van der Waals surface area contributed by atoms with Gasteiger partial charge >= 0.3 is 5.97 Å². The molecule has 2 aliphatic rings. The molecule has 0 aromatic carbocycles. The lowest BCUT2D eigenvalue weighted by atomic mass is 10.1. The molecule has 0 spiro atoms. The van der Waals surface area contributed by atoms with E-state index in [0.717, 1.165) is 45.1 Å². The first-order chi connectivity index (χ1) is 7.74. The predicted molar refractivity (Wildman–Crippen MR) is 58.7 cm³/mol. The molecule has 4 heteroatoms. The van der Waals surface area contributed by atoms with E-state index in [2.05, 4.69) is 0 Å². The molecule has 16 heavy (non-hydrogen) atoms. The standard InChI is InChI=1S/C12H19NO3/c1-16-12(15)10-7-4-8-13(10)11(14)9-5-2-3-6-9/h9-10H,2-8H2,1H3/t10-/m0/s1. The molecule has 2 fully saturated rings. The number of nitrogens with zero attached hydrogens (tertiary/aromatic N) is 1. The summed E-state index contributed by atoms with van der Waals surface area (Å²) < 4.78 is 4.74. The first-order valence-corrected chi connectivity index (χ1v) is 6.12. The van der Waals surface area contributed by atoms with Gasteiger partial charge in [0.05, 0.1) is 7.11 Å². The van der Waals surface area contributed by atoms with Crippen molar-refractivity contribution < 1.29 is 14.3 Å². The van der Waals surface area contributed by atoms with Gasteiger partial charge in [-0.15, -0.1) is 0 Å². The third-order valence-electron chi connectivity index (χ3n) is 3.71. The maximum Gasteiger partial charge on any atom is 0.328 e. The van der Waals surface area contributed by atoms with Gasteiger partial charge in [-0.1, -0.05) is 12.8 Å². The number of ether oxygens (including phenoxy) is 1. The van der Waals surface area contributed by atoms with Gasteiger partial charge in [0, 0.05) is 12.5 Å². The van der Waals surface area contributed by atoms with Crippen LogP contribution in [0.15, 0.2) is 0 Å². The number of rotatable bonds is 2. The molecule has 0 N–H and O–H groups in total. The highest BCUT2D eigenvalue weighted by atomic mass is 16.5. The Morgan fingerprint density at radius 1 is 1.12 bits per heavy atom. The minimum atomic E-state index is -0.321. The quantitative estimate of drug-likeness (QED) is 0.666. The van der Waals surface area contributed by atoms with Gasteiger partial charge in [-0.05, 0) is 25.7 Å². The minimum absolute atomic E-state index is 0.158. The summed E-state index contributed by atoms with van der Waals surface area (Å²) in [6, 6.07) is -0.321. The van der Waals surface area contributed by atoms with Gasteiger partial charge in [0.2, 0.25) is 5.91 Å². The SMILES string of the molecule is COC(=O)[C@@H]1CCCN1C(=O)C1CCCC1. The van der Waals surface area contributed by atoms with E-state index in [1.165, 1.54) is 7.11 Å². The maximum atomic E-state index is 12.2. The van der Waals surface area contributed by atoms with E-state index in [9.17, 15) is 9.59 Å². The van der Waals surface area contributed by atoms with Crippen LogP contribution >= 0.6 is 0 Å². The van der Waals surface area contributed by atoms with E-state index in [0.29, 0.717) is 0 Å². The van der Waals surface area contributed by atoms with Crippen LogP contribution in [-0.4, -0.2) is 36.5 Å². The van der Waals surface area contributed by atoms with Crippen molar-refractivity contribution in [2.45, 2.75) is 44.6 Å². The number of carbonyl (C=O) groups is 2. The Morgan fingerprint density at radius 2 is 1.81 bits per heavy atom. The van der Waals surface area contributed by atoms with Crippen molar-refractivity contribution in [2.75, 3.05) is 13.7 Å². The lowest BCUT2D eigenvalue weighted by Crippen LogP contribution is -2.43. The Kier molecular flexibility index (Phi) is 3.46. The minimum Gasteiger partial charge on any atom is -0.467 e. The van der Waals surface area contributed by atoms with Crippen LogP contribution in [0, 0.1) is 5.92 Å². The Labute approximate surface area is 95.9 Å². The van der Waals surface area contributed by atoms with Crippen LogP contribution in [0.3, 0.4) is 0 Å². The van der Waals surface area contributed by atoms with E-state index in [4.69, 9.17) is 4.74 Å². The van der Waals surface area contributed by atoms with E-state index in [-0.39, 0.29) is 23.8 Å². The van der Waals surface area contributed by atoms with E-state index in [1.807, 2.05) is 0 Å². The number of hydrogen-bond donors (Lipinski definition) is 0. The topological polar surface area (TPSA) is 46.6 Å². The van der Waals surface area contributed by atoms with Crippen molar-refractivity contribution in [3.8, 4) is 0 Å². The van der Waals surface area contributed by atoms with Crippen LogP contribution in [0.5, 0.6) is 0 Å². The molecular weight excluding hydrogens is 206 g/mol. The third-order valence-corrected chi connectivity index (χ3v) is 3.71. The Bertz CT molecular complexity index is 284. The molecule has 1 saturated heterocycles. The second-order valence-corrected chi connectivity index (χ2v) is 4.69. The van der Waals surface area contributed by atoms with Crippen molar-refractivity contribution >= 4 is 11.9 Å². The van der Waals surface area contributed by atoms with Crippen LogP contribution in [0.4, 0.5) is 0 Å².